The van der Waals surface area contributed by atoms with E-state index in [0.717, 1.165) is 19.3 Å². The minimum atomic E-state index is -0.946. The number of amides is 1. The maximum absolute atomic E-state index is 11.7. The lowest BCUT2D eigenvalue weighted by molar-refractivity contribution is -0.146. The van der Waals surface area contributed by atoms with Crippen molar-refractivity contribution in [2.75, 3.05) is 13.7 Å². The molecule has 0 heterocycles. The number of rotatable bonds is 19. The molecule has 27 heavy (non-hydrogen) atoms. The topological polar surface area (TPSA) is 75.6 Å². The van der Waals surface area contributed by atoms with Gasteiger partial charge >= 0.3 is 5.97 Å². The lowest BCUT2D eigenvalue weighted by atomic mass is 10.0. The van der Waals surface area contributed by atoms with Crippen LogP contribution in [0.2, 0.25) is 0 Å². The summed E-state index contributed by atoms with van der Waals surface area (Å²) in [4.78, 5) is 23.0. The summed E-state index contributed by atoms with van der Waals surface area (Å²) in [6.45, 7) is 1.83. The van der Waals surface area contributed by atoms with Crippen LogP contribution < -0.4 is 5.32 Å². The van der Waals surface area contributed by atoms with Gasteiger partial charge in [0.25, 0.3) is 0 Å². The summed E-state index contributed by atoms with van der Waals surface area (Å²) in [6, 6.07) is -0.946. The fourth-order valence-corrected chi connectivity index (χ4v) is 3.24. The van der Waals surface area contributed by atoms with E-state index in [1.54, 1.807) is 0 Å². The molecular weight excluding hydrogens is 342 g/mol. The van der Waals surface area contributed by atoms with Gasteiger partial charge in [-0.3, -0.25) is 4.79 Å². The Hall–Kier alpha value is -1.10. The average molecular weight is 386 g/mol. The molecule has 0 aromatic heterocycles. The van der Waals surface area contributed by atoms with E-state index in [2.05, 4.69) is 17.0 Å². The van der Waals surface area contributed by atoms with E-state index >= 15 is 0 Å². The molecule has 0 radical (unpaired) electrons. The van der Waals surface area contributed by atoms with Crippen LogP contribution in [0.25, 0.3) is 0 Å². The average Bonchev–Trinajstić information content (AvgIpc) is 2.68. The molecule has 160 valence electrons. The zero-order valence-corrected chi connectivity index (χ0v) is 17.8. The number of hydrogen-bond donors (Lipinski definition) is 2. The summed E-state index contributed by atoms with van der Waals surface area (Å²) in [5.74, 6) is -0.809. The minimum absolute atomic E-state index is 0.200. The Morgan fingerprint density at radius 1 is 0.778 bits per heavy atom. The van der Waals surface area contributed by atoms with Crippen molar-refractivity contribution < 1.29 is 19.4 Å². The number of esters is 1. The van der Waals surface area contributed by atoms with Crippen LogP contribution in [-0.2, 0) is 14.3 Å². The lowest BCUT2D eigenvalue weighted by Crippen LogP contribution is -2.43. The molecule has 2 N–H and O–H groups in total. The molecule has 0 saturated heterocycles. The van der Waals surface area contributed by atoms with Gasteiger partial charge in [0.1, 0.15) is 0 Å². The van der Waals surface area contributed by atoms with Gasteiger partial charge in [-0.05, 0) is 6.42 Å². The fraction of sp³-hybridized carbons (Fsp3) is 0.909. The van der Waals surface area contributed by atoms with E-state index in [1.807, 2.05) is 0 Å². The molecule has 0 rings (SSSR count). The van der Waals surface area contributed by atoms with E-state index in [4.69, 9.17) is 5.11 Å². The van der Waals surface area contributed by atoms with E-state index in [9.17, 15) is 9.59 Å². The zero-order chi connectivity index (χ0) is 20.2. The van der Waals surface area contributed by atoms with E-state index in [-0.39, 0.29) is 5.91 Å². The van der Waals surface area contributed by atoms with Gasteiger partial charge in [-0.2, -0.15) is 0 Å². The monoisotopic (exact) mass is 385 g/mol. The SMILES string of the molecule is CCCCCCCCCCCCCCCCCC(=O)N[C@@H](CO)C(=O)OC. The van der Waals surface area contributed by atoms with Crippen LogP contribution in [0.4, 0.5) is 0 Å². The predicted octanol–water partition coefficient (Wildman–Crippen LogP) is 4.90. The smallest absolute Gasteiger partial charge is 0.330 e. The predicted molar refractivity (Wildman–Crippen MR) is 111 cm³/mol. The third kappa shape index (κ3) is 16.8. The molecule has 0 aliphatic carbocycles. The molecule has 0 aromatic rings. The molecule has 0 bridgehead atoms. The molecule has 1 amide bonds. The molecule has 5 nitrogen and oxygen atoms in total. The standard InChI is InChI=1S/C22H43NO4/c1-3-4-5-6-7-8-9-10-11-12-13-14-15-16-17-18-21(25)23-20(19-24)22(26)27-2/h20,24H,3-19H2,1-2H3,(H,23,25)/t20-/m0/s1. The normalized spacial score (nSPS) is 12.0. The van der Waals surface area contributed by atoms with E-state index in [1.165, 1.54) is 84.2 Å². The lowest BCUT2D eigenvalue weighted by Gasteiger charge is -2.13. The van der Waals surface area contributed by atoms with Crippen molar-refractivity contribution in [1.29, 1.82) is 0 Å². The first-order chi connectivity index (χ1) is 13.2. The Labute approximate surface area is 166 Å². The van der Waals surface area contributed by atoms with Gasteiger partial charge < -0.3 is 15.2 Å². The summed E-state index contributed by atoms with van der Waals surface area (Å²) in [5.41, 5.74) is 0. The van der Waals surface area contributed by atoms with Crippen LogP contribution >= 0.6 is 0 Å². The van der Waals surface area contributed by atoms with Crippen molar-refractivity contribution >= 4 is 11.9 Å². The Kier molecular flexibility index (Phi) is 18.9. The van der Waals surface area contributed by atoms with Crippen molar-refractivity contribution in [3.05, 3.63) is 0 Å². The first kappa shape index (κ1) is 25.9. The van der Waals surface area contributed by atoms with Crippen molar-refractivity contribution in [3.8, 4) is 0 Å². The first-order valence-corrected chi connectivity index (χ1v) is 11.1. The van der Waals surface area contributed by atoms with Gasteiger partial charge in [-0.25, -0.2) is 4.79 Å². The van der Waals surface area contributed by atoms with Gasteiger partial charge in [-0.1, -0.05) is 96.8 Å². The second-order valence-electron chi connectivity index (χ2n) is 7.53. The van der Waals surface area contributed by atoms with Crippen LogP contribution in [0.5, 0.6) is 0 Å². The van der Waals surface area contributed by atoms with Gasteiger partial charge in [0.05, 0.1) is 13.7 Å². The molecule has 0 unspecified atom stereocenters. The van der Waals surface area contributed by atoms with Gasteiger partial charge in [0.15, 0.2) is 6.04 Å². The number of nitrogens with one attached hydrogen (secondary N) is 1. The quantitative estimate of drug-likeness (QED) is 0.245. The van der Waals surface area contributed by atoms with Gasteiger partial charge in [-0.15, -0.1) is 0 Å². The van der Waals surface area contributed by atoms with E-state index < -0.39 is 18.6 Å². The summed E-state index contributed by atoms with van der Waals surface area (Å²) in [6.07, 6.45) is 19.7. The highest BCUT2D eigenvalue weighted by molar-refractivity contribution is 5.84. The molecule has 1 atom stereocenters. The number of unbranched alkanes of at least 4 members (excludes halogenated alkanes) is 14. The molecule has 0 fully saturated rings. The minimum Gasteiger partial charge on any atom is -0.467 e. The maximum atomic E-state index is 11.7. The number of ether oxygens (including phenoxy) is 1. The number of carbonyl (C=O) groups excluding carboxylic acids is 2. The number of aliphatic hydroxyl groups excluding tert-OH is 1. The summed E-state index contributed by atoms with van der Waals surface area (Å²) < 4.78 is 4.52. The molecule has 0 aliphatic heterocycles. The van der Waals surface area contributed by atoms with Crippen LogP contribution in [0.15, 0.2) is 0 Å². The number of aliphatic hydroxyl groups is 1. The maximum Gasteiger partial charge on any atom is 0.330 e. The molecule has 0 aromatic carbocycles. The number of hydrogen-bond acceptors (Lipinski definition) is 4. The van der Waals surface area contributed by atoms with Crippen LogP contribution in [0.1, 0.15) is 110 Å². The Bertz CT molecular complexity index is 360. The van der Waals surface area contributed by atoms with Crippen LogP contribution in [-0.4, -0.2) is 36.7 Å². The highest BCUT2D eigenvalue weighted by Crippen LogP contribution is 2.13. The third-order valence-corrected chi connectivity index (χ3v) is 5.01. The van der Waals surface area contributed by atoms with Crippen molar-refractivity contribution in [2.45, 2.75) is 116 Å². The number of methoxy groups -OCH3 is 1. The highest BCUT2D eigenvalue weighted by atomic mass is 16.5. The van der Waals surface area contributed by atoms with Crippen molar-refractivity contribution in [3.63, 3.8) is 0 Å². The van der Waals surface area contributed by atoms with Crippen LogP contribution in [0, 0.1) is 0 Å². The molecule has 0 aliphatic rings. The van der Waals surface area contributed by atoms with Gasteiger partial charge in [0, 0.05) is 6.42 Å². The summed E-state index contributed by atoms with van der Waals surface area (Å²) in [5, 5.41) is 11.6. The summed E-state index contributed by atoms with van der Waals surface area (Å²) in [7, 11) is 1.24. The van der Waals surface area contributed by atoms with Crippen molar-refractivity contribution in [2.24, 2.45) is 0 Å². The highest BCUT2D eigenvalue weighted by Gasteiger charge is 2.19. The first-order valence-electron chi connectivity index (χ1n) is 11.1. The molecule has 5 heteroatoms. The Morgan fingerprint density at radius 3 is 1.56 bits per heavy atom. The number of carbonyl (C=O) groups is 2. The second-order valence-corrected chi connectivity index (χ2v) is 7.53. The largest absolute Gasteiger partial charge is 0.467 e. The Morgan fingerprint density at radius 2 is 1.19 bits per heavy atom. The molecule has 0 spiro atoms. The third-order valence-electron chi connectivity index (χ3n) is 5.01. The molecular formula is C22H43NO4. The Balaban J connectivity index is 3.33. The molecule has 0 saturated carbocycles. The summed E-state index contributed by atoms with van der Waals surface area (Å²) >= 11 is 0. The zero-order valence-electron chi connectivity index (χ0n) is 17.8. The fourth-order valence-electron chi connectivity index (χ4n) is 3.24. The van der Waals surface area contributed by atoms with Crippen LogP contribution in [0.3, 0.4) is 0 Å². The van der Waals surface area contributed by atoms with Crippen molar-refractivity contribution in [1.82, 2.24) is 5.32 Å². The van der Waals surface area contributed by atoms with Gasteiger partial charge in [0.2, 0.25) is 5.91 Å². The second kappa shape index (κ2) is 19.7. The van der Waals surface area contributed by atoms with E-state index in [0.29, 0.717) is 6.42 Å².